The summed E-state index contributed by atoms with van der Waals surface area (Å²) >= 11 is 0. The number of sulfonamides is 1. The van der Waals surface area contributed by atoms with Crippen LogP contribution in [0.15, 0.2) is 53.4 Å². The van der Waals surface area contributed by atoms with Gasteiger partial charge >= 0.3 is 6.36 Å². The maximum Gasteiger partial charge on any atom is 0.573 e. The highest BCUT2D eigenvalue weighted by Crippen LogP contribution is 2.27. The lowest BCUT2D eigenvalue weighted by atomic mass is 10.0. The van der Waals surface area contributed by atoms with Crippen molar-refractivity contribution in [1.82, 2.24) is 4.72 Å². The van der Waals surface area contributed by atoms with E-state index < -0.39 is 43.3 Å². The van der Waals surface area contributed by atoms with Crippen molar-refractivity contribution in [3.05, 3.63) is 59.7 Å². The number of alkyl halides is 3. The molecule has 0 aliphatic carbocycles. The zero-order valence-electron chi connectivity index (χ0n) is 15.8. The molecule has 0 bridgehead atoms. The van der Waals surface area contributed by atoms with Gasteiger partial charge in [-0.25, -0.2) is 21.6 Å². The third-order valence-electron chi connectivity index (χ3n) is 4.23. The first-order valence-electron chi connectivity index (χ1n) is 8.32. The van der Waals surface area contributed by atoms with Crippen molar-refractivity contribution in [2.75, 3.05) is 6.26 Å². The Labute approximate surface area is 167 Å². The van der Waals surface area contributed by atoms with Crippen molar-refractivity contribution in [1.29, 1.82) is 0 Å². The molecule has 2 atom stereocenters. The zero-order chi connectivity index (χ0) is 22.0. The summed E-state index contributed by atoms with van der Waals surface area (Å²) in [6.07, 6.45) is -3.91. The van der Waals surface area contributed by atoms with E-state index in [-0.39, 0.29) is 4.90 Å². The summed E-state index contributed by atoms with van der Waals surface area (Å²) in [5.74, 6) is -0.573. The third-order valence-corrected chi connectivity index (χ3v) is 7.31. The van der Waals surface area contributed by atoms with Crippen LogP contribution in [0.3, 0.4) is 0 Å². The van der Waals surface area contributed by atoms with Gasteiger partial charge in [0.1, 0.15) is 5.75 Å². The monoisotopic (exact) mass is 451 g/mol. The Kier molecular flexibility index (Phi) is 6.65. The first-order chi connectivity index (χ1) is 13.2. The van der Waals surface area contributed by atoms with Gasteiger partial charge in [-0.2, -0.15) is 0 Å². The number of hydrogen-bond donors (Lipinski definition) is 1. The van der Waals surface area contributed by atoms with Gasteiger partial charge in [-0.3, -0.25) is 0 Å². The molecule has 11 heteroatoms. The van der Waals surface area contributed by atoms with Crippen LogP contribution in [0.5, 0.6) is 5.75 Å². The van der Waals surface area contributed by atoms with E-state index in [4.69, 9.17) is 0 Å². The summed E-state index contributed by atoms with van der Waals surface area (Å²) in [5.41, 5.74) is 1.34. The Morgan fingerprint density at radius 2 is 1.45 bits per heavy atom. The average molecular weight is 451 g/mol. The largest absolute Gasteiger partial charge is 0.573 e. The number of nitrogens with one attached hydrogen (secondary N) is 1. The number of aryl methyl sites for hydroxylation is 1. The fourth-order valence-electron chi connectivity index (χ4n) is 2.51. The number of ether oxygens (including phenoxy) is 1. The third kappa shape index (κ3) is 6.44. The first-order valence-corrected chi connectivity index (χ1v) is 11.8. The minimum Gasteiger partial charge on any atom is -0.406 e. The number of sulfone groups is 1. The van der Waals surface area contributed by atoms with E-state index in [0.29, 0.717) is 5.56 Å². The molecule has 2 aromatic carbocycles. The molecule has 0 aliphatic rings. The molecule has 0 amide bonds. The van der Waals surface area contributed by atoms with Crippen LogP contribution in [0.25, 0.3) is 0 Å². The molecule has 160 valence electrons. The molecule has 2 aromatic rings. The first kappa shape index (κ1) is 23.2. The average Bonchev–Trinajstić information content (AvgIpc) is 2.58. The summed E-state index contributed by atoms with van der Waals surface area (Å²) < 4.78 is 92.4. The molecular weight excluding hydrogens is 431 g/mol. The van der Waals surface area contributed by atoms with Gasteiger partial charge in [0, 0.05) is 6.26 Å². The Balaban J connectivity index is 2.37. The molecule has 0 aromatic heterocycles. The molecule has 0 radical (unpaired) electrons. The molecule has 1 N–H and O–H groups in total. The van der Waals surface area contributed by atoms with E-state index in [2.05, 4.69) is 9.46 Å². The molecule has 0 fully saturated rings. The predicted octanol–water partition coefficient (Wildman–Crippen LogP) is 3.35. The standard InChI is InChI=1S/C18H20F3NO5S2/c1-12-4-6-14(7-5-12)17(13(2)28(3,23)24)22-29(25,26)16-10-8-15(9-11-16)27-18(19,20)21/h4-11,13,17,22H,1-3H3/t13-,17+/m1/s1. The number of halogens is 3. The van der Waals surface area contributed by atoms with Crippen LogP contribution in [-0.2, 0) is 19.9 Å². The SMILES string of the molecule is Cc1ccc([C@@H](NS(=O)(=O)c2ccc(OC(F)(F)F)cc2)[C@@H](C)S(C)(=O)=O)cc1. The fraction of sp³-hybridized carbons (Fsp3) is 0.333. The Bertz CT molecular complexity index is 1050. The van der Waals surface area contributed by atoms with Gasteiger partial charge < -0.3 is 4.74 Å². The van der Waals surface area contributed by atoms with Crippen molar-refractivity contribution >= 4 is 19.9 Å². The molecule has 0 saturated heterocycles. The maximum atomic E-state index is 12.7. The highest BCUT2D eigenvalue weighted by Gasteiger charge is 2.33. The summed E-state index contributed by atoms with van der Waals surface area (Å²) in [7, 11) is -7.85. The van der Waals surface area contributed by atoms with Gasteiger partial charge in [-0.05, 0) is 43.7 Å². The topological polar surface area (TPSA) is 89.5 Å². The molecule has 2 rings (SSSR count). The number of benzene rings is 2. The second-order valence-electron chi connectivity index (χ2n) is 6.56. The lowest BCUT2D eigenvalue weighted by Gasteiger charge is -2.24. The Morgan fingerprint density at radius 3 is 1.90 bits per heavy atom. The van der Waals surface area contributed by atoms with Gasteiger partial charge in [0.2, 0.25) is 10.0 Å². The van der Waals surface area contributed by atoms with E-state index in [1.165, 1.54) is 6.92 Å². The normalized spacial score (nSPS) is 15.0. The molecule has 0 spiro atoms. The number of hydrogen-bond acceptors (Lipinski definition) is 5. The van der Waals surface area contributed by atoms with Crippen LogP contribution in [-0.4, -0.2) is 34.7 Å². The summed E-state index contributed by atoms with van der Waals surface area (Å²) in [5, 5.41) is -1.09. The molecule has 0 aliphatic heterocycles. The van der Waals surface area contributed by atoms with E-state index >= 15 is 0 Å². The molecule has 0 saturated carbocycles. The Hall–Kier alpha value is -2.11. The van der Waals surface area contributed by atoms with E-state index in [1.807, 2.05) is 6.92 Å². The summed E-state index contributed by atoms with van der Waals surface area (Å²) in [6.45, 7) is 3.20. The van der Waals surface area contributed by atoms with Crippen LogP contribution in [0.4, 0.5) is 13.2 Å². The lowest BCUT2D eigenvalue weighted by molar-refractivity contribution is -0.274. The van der Waals surface area contributed by atoms with Crippen LogP contribution >= 0.6 is 0 Å². The minimum absolute atomic E-state index is 0.329. The van der Waals surface area contributed by atoms with Crippen LogP contribution in [0, 0.1) is 6.92 Å². The van der Waals surface area contributed by atoms with E-state index in [0.717, 1.165) is 36.1 Å². The van der Waals surface area contributed by atoms with Gasteiger partial charge in [-0.1, -0.05) is 29.8 Å². The van der Waals surface area contributed by atoms with Crippen molar-refractivity contribution in [2.45, 2.75) is 36.4 Å². The van der Waals surface area contributed by atoms with Crippen molar-refractivity contribution in [3.63, 3.8) is 0 Å². The Morgan fingerprint density at radius 1 is 0.931 bits per heavy atom. The number of rotatable bonds is 7. The minimum atomic E-state index is -4.90. The second-order valence-corrected chi connectivity index (χ2v) is 10.7. The summed E-state index contributed by atoms with van der Waals surface area (Å²) in [4.78, 5) is -0.329. The fourth-order valence-corrected chi connectivity index (χ4v) is 4.62. The molecular formula is C18H20F3NO5S2. The maximum absolute atomic E-state index is 12.7. The highest BCUT2D eigenvalue weighted by atomic mass is 32.2. The van der Waals surface area contributed by atoms with E-state index in [1.54, 1.807) is 24.3 Å². The zero-order valence-corrected chi connectivity index (χ0v) is 17.4. The van der Waals surface area contributed by atoms with Gasteiger partial charge in [-0.15, -0.1) is 13.2 Å². The van der Waals surface area contributed by atoms with Crippen LogP contribution < -0.4 is 9.46 Å². The summed E-state index contributed by atoms with van der Waals surface area (Å²) in [6, 6.07) is 9.19. The second kappa shape index (κ2) is 8.33. The van der Waals surface area contributed by atoms with Gasteiger partial charge in [0.15, 0.2) is 9.84 Å². The van der Waals surface area contributed by atoms with Gasteiger partial charge in [0.25, 0.3) is 0 Å². The lowest BCUT2D eigenvalue weighted by Crippen LogP contribution is -2.38. The highest BCUT2D eigenvalue weighted by molar-refractivity contribution is 7.91. The molecule has 29 heavy (non-hydrogen) atoms. The molecule has 0 unspecified atom stereocenters. The quantitative estimate of drug-likeness (QED) is 0.697. The van der Waals surface area contributed by atoms with Gasteiger partial charge in [0.05, 0.1) is 16.2 Å². The van der Waals surface area contributed by atoms with E-state index in [9.17, 15) is 30.0 Å². The molecule has 6 nitrogen and oxygen atoms in total. The van der Waals surface area contributed by atoms with Crippen molar-refractivity contribution in [2.24, 2.45) is 0 Å². The van der Waals surface area contributed by atoms with Crippen LogP contribution in [0.1, 0.15) is 24.1 Å². The predicted molar refractivity (Wildman–Crippen MR) is 102 cm³/mol. The van der Waals surface area contributed by atoms with Crippen LogP contribution in [0.2, 0.25) is 0 Å². The molecule has 0 heterocycles. The van der Waals surface area contributed by atoms with Crippen molar-refractivity contribution < 1.29 is 34.7 Å². The smallest absolute Gasteiger partial charge is 0.406 e. The van der Waals surface area contributed by atoms with Crippen molar-refractivity contribution in [3.8, 4) is 5.75 Å².